The Kier molecular flexibility index (Phi) is 4.95. The van der Waals surface area contributed by atoms with Gasteiger partial charge >= 0.3 is 5.97 Å². The second kappa shape index (κ2) is 7.03. The van der Waals surface area contributed by atoms with E-state index in [1.165, 1.54) is 0 Å². The number of hydrogen-bond acceptors (Lipinski definition) is 5. The number of hydrogen-bond donors (Lipinski definition) is 2. The van der Waals surface area contributed by atoms with E-state index in [-0.39, 0.29) is 18.4 Å². The monoisotopic (exact) mass is 360 g/mol. The lowest BCUT2D eigenvalue weighted by atomic mass is 9.86. The number of carboxylic acid groups (broad SMARTS) is 1. The molecule has 1 fully saturated rings. The van der Waals surface area contributed by atoms with Crippen molar-refractivity contribution in [3.63, 3.8) is 0 Å². The Bertz CT molecular complexity index is 837. The summed E-state index contributed by atoms with van der Waals surface area (Å²) in [7, 11) is 0. The molecule has 0 aromatic carbocycles. The van der Waals surface area contributed by atoms with Crippen LogP contribution in [0.25, 0.3) is 11.0 Å². The highest BCUT2D eigenvalue weighted by molar-refractivity contribution is 5.98. The smallest absolute Gasteiger partial charge is 0.305 e. The maximum Gasteiger partial charge on any atom is 0.305 e. The molecule has 0 unspecified atom stereocenters. The highest BCUT2D eigenvalue weighted by Crippen LogP contribution is 2.26. The van der Waals surface area contributed by atoms with Crippen molar-refractivity contribution < 1.29 is 19.4 Å². The predicted octanol–water partition coefficient (Wildman–Crippen LogP) is 2.07. The van der Waals surface area contributed by atoms with E-state index in [1.807, 2.05) is 18.5 Å². The standard InChI is InChI=1S/C18H24N4O4/c1-11(2)22-16-13(10-19-22)8-14(12(3)20-16)17(25)21-18(9-15(23)24)4-6-26-7-5-18/h8,10-11H,4-7,9H2,1-3H3,(H,21,25)(H,23,24). The minimum absolute atomic E-state index is 0.123. The van der Waals surface area contributed by atoms with Gasteiger partial charge in [-0.3, -0.25) is 9.59 Å². The Balaban J connectivity index is 1.91. The average molecular weight is 360 g/mol. The Labute approximate surface area is 151 Å². The van der Waals surface area contributed by atoms with Crippen LogP contribution in [0.3, 0.4) is 0 Å². The van der Waals surface area contributed by atoms with Crippen LogP contribution in [0.4, 0.5) is 0 Å². The summed E-state index contributed by atoms with van der Waals surface area (Å²) in [6.45, 7) is 6.69. The molecule has 3 heterocycles. The Morgan fingerprint density at radius 3 is 2.69 bits per heavy atom. The lowest BCUT2D eigenvalue weighted by molar-refractivity contribution is -0.139. The van der Waals surface area contributed by atoms with Gasteiger partial charge in [-0.1, -0.05) is 0 Å². The molecule has 3 rings (SSSR count). The van der Waals surface area contributed by atoms with Crippen LogP contribution in [0, 0.1) is 6.92 Å². The molecule has 2 aromatic heterocycles. The normalized spacial score (nSPS) is 16.8. The Morgan fingerprint density at radius 1 is 1.38 bits per heavy atom. The molecular weight excluding hydrogens is 336 g/mol. The van der Waals surface area contributed by atoms with Crippen LogP contribution < -0.4 is 5.32 Å². The first kappa shape index (κ1) is 18.3. The number of rotatable bonds is 5. The Morgan fingerprint density at radius 2 is 2.08 bits per heavy atom. The molecule has 0 saturated carbocycles. The summed E-state index contributed by atoms with van der Waals surface area (Å²) in [4.78, 5) is 28.7. The second-order valence-corrected chi connectivity index (χ2v) is 7.13. The highest BCUT2D eigenvalue weighted by Gasteiger charge is 2.37. The molecule has 1 aliphatic heterocycles. The lowest BCUT2D eigenvalue weighted by Crippen LogP contribution is -2.53. The van der Waals surface area contributed by atoms with Gasteiger partial charge in [-0.15, -0.1) is 0 Å². The van der Waals surface area contributed by atoms with Crippen molar-refractivity contribution in [3.8, 4) is 0 Å². The van der Waals surface area contributed by atoms with Gasteiger partial charge in [-0.25, -0.2) is 9.67 Å². The number of aryl methyl sites for hydroxylation is 1. The first-order valence-corrected chi connectivity index (χ1v) is 8.78. The van der Waals surface area contributed by atoms with Crippen LogP contribution in [-0.2, 0) is 9.53 Å². The van der Waals surface area contributed by atoms with E-state index in [2.05, 4.69) is 15.4 Å². The number of aliphatic carboxylic acids is 1. The van der Waals surface area contributed by atoms with Gasteiger partial charge in [0.05, 0.1) is 29.4 Å². The molecule has 0 aliphatic carbocycles. The second-order valence-electron chi connectivity index (χ2n) is 7.13. The van der Waals surface area contributed by atoms with Crippen molar-refractivity contribution in [2.24, 2.45) is 0 Å². The predicted molar refractivity (Wildman–Crippen MR) is 95.2 cm³/mol. The molecule has 8 heteroatoms. The number of pyridine rings is 1. The molecule has 140 valence electrons. The van der Waals surface area contributed by atoms with Crippen LogP contribution >= 0.6 is 0 Å². The van der Waals surface area contributed by atoms with Crippen molar-refractivity contribution in [2.75, 3.05) is 13.2 Å². The first-order valence-electron chi connectivity index (χ1n) is 8.78. The summed E-state index contributed by atoms with van der Waals surface area (Å²) in [5.41, 5.74) is 0.984. The van der Waals surface area contributed by atoms with Crippen molar-refractivity contribution in [3.05, 3.63) is 23.5 Å². The summed E-state index contributed by atoms with van der Waals surface area (Å²) in [5, 5.41) is 17.3. The largest absolute Gasteiger partial charge is 0.481 e. The maximum atomic E-state index is 12.9. The number of nitrogens with one attached hydrogen (secondary N) is 1. The van der Waals surface area contributed by atoms with Crippen LogP contribution in [-0.4, -0.2) is 50.5 Å². The SMILES string of the molecule is Cc1nc2c(cnn2C(C)C)cc1C(=O)NC1(CC(=O)O)CCOCC1. The van der Waals surface area contributed by atoms with Gasteiger partial charge < -0.3 is 15.2 Å². The van der Waals surface area contributed by atoms with E-state index in [0.29, 0.717) is 37.3 Å². The van der Waals surface area contributed by atoms with E-state index in [0.717, 1.165) is 11.0 Å². The van der Waals surface area contributed by atoms with Gasteiger partial charge in [0.25, 0.3) is 5.91 Å². The molecule has 8 nitrogen and oxygen atoms in total. The van der Waals surface area contributed by atoms with Crippen molar-refractivity contribution in [2.45, 2.75) is 51.6 Å². The topological polar surface area (TPSA) is 106 Å². The van der Waals surface area contributed by atoms with Crippen LogP contribution in [0.5, 0.6) is 0 Å². The minimum Gasteiger partial charge on any atom is -0.481 e. The number of ether oxygens (including phenoxy) is 1. The highest BCUT2D eigenvalue weighted by atomic mass is 16.5. The molecular formula is C18H24N4O4. The summed E-state index contributed by atoms with van der Waals surface area (Å²) in [5.74, 6) is -1.24. The number of aromatic nitrogens is 3. The fraction of sp³-hybridized carbons (Fsp3) is 0.556. The molecule has 26 heavy (non-hydrogen) atoms. The van der Waals surface area contributed by atoms with Gasteiger partial charge in [-0.2, -0.15) is 5.10 Å². The van der Waals surface area contributed by atoms with Gasteiger partial charge in [0.1, 0.15) is 0 Å². The fourth-order valence-corrected chi connectivity index (χ4v) is 3.38. The third-order valence-corrected chi connectivity index (χ3v) is 4.81. The minimum atomic E-state index is -0.935. The molecule has 1 amide bonds. The number of amides is 1. The number of carbonyl (C=O) groups is 2. The maximum absolute atomic E-state index is 12.9. The molecule has 0 atom stereocenters. The number of nitrogens with zero attached hydrogens (tertiary/aromatic N) is 3. The summed E-state index contributed by atoms with van der Waals surface area (Å²) in [6, 6.07) is 1.94. The molecule has 0 radical (unpaired) electrons. The van der Waals surface area contributed by atoms with Gasteiger partial charge in [0, 0.05) is 24.6 Å². The molecule has 0 bridgehead atoms. The fourth-order valence-electron chi connectivity index (χ4n) is 3.38. The number of fused-ring (bicyclic) bond motifs is 1. The third-order valence-electron chi connectivity index (χ3n) is 4.81. The molecule has 1 saturated heterocycles. The van der Waals surface area contributed by atoms with E-state index in [1.54, 1.807) is 19.2 Å². The molecule has 1 aliphatic rings. The van der Waals surface area contributed by atoms with E-state index < -0.39 is 11.5 Å². The van der Waals surface area contributed by atoms with E-state index in [9.17, 15) is 14.7 Å². The van der Waals surface area contributed by atoms with E-state index in [4.69, 9.17) is 4.74 Å². The van der Waals surface area contributed by atoms with E-state index >= 15 is 0 Å². The number of carboxylic acids is 1. The quantitative estimate of drug-likeness (QED) is 0.845. The molecule has 2 aromatic rings. The number of carbonyl (C=O) groups excluding carboxylic acids is 1. The van der Waals surface area contributed by atoms with Crippen molar-refractivity contribution in [1.29, 1.82) is 0 Å². The lowest BCUT2D eigenvalue weighted by Gasteiger charge is -2.36. The zero-order valence-electron chi connectivity index (χ0n) is 15.3. The van der Waals surface area contributed by atoms with Crippen molar-refractivity contribution in [1.82, 2.24) is 20.1 Å². The van der Waals surface area contributed by atoms with Crippen LogP contribution in [0.2, 0.25) is 0 Å². The summed E-state index contributed by atoms with van der Waals surface area (Å²) in [6.07, 6.45) is 2.53. The molecule has 2 N–H and O–H groups in total. The van der Waals surface area contributed by atoms with Gasteiger partial charge in [0.15, 0.2) is 5.65 Å². The summed E-state index contributed by atoms with van der Waals surface area (Å²) >= 11 is 0. The van der Waals surface area contributed by atoms with Crippen molar-refractivity contribution >= 4 is 22.9 Å². The first-order chi connectivity index (χ1) is 12.3. The zero-order valence-corrected chi connectivity index (χ0v) is 15.3. The Hall–Kier alpha value is -2.48. The van der Waals surface area contributed by atoms with Crippen LogP contribution in [0.15, 0.2) is 12.3 Å². The van der Waals surface area contributed by atoms with Gasteiger partial charge in [-0.05, 0) is 39.7 Å². The third kappa shape index (κ3) is 3.55. The zero-order chi connectivity index (χ0) is 18.9. The molecule has 0 spiro atoms. The van der Waals surface area contributed by atoms with Gasteiger partial charge in [0.2, 0.25) is 0 Å². The summed E-state index contributed by atoms with van der Waals surface area (Å²) < 4.78 is 7.15. The average Bonchev–Trinajstić information content (AvgIpc) is 2.96. The van der Waals surface area contributed by atoms with Crippen LogP contribution in [0.1, 0.15) is 55.2 Å².